The third kappa shape index (κ3) is 2.02. The molecule has 2 rings (SSSR count). The molecule has 0 radical (unpaired) electrons. The van der Waals surface area contributed by atoms with Crippen LogP contribution in [-0.4, -0.2) is 24.0 Å². The van der Waals surface area contributed by atoms with E-state index in [1.54, 1.807) is 11.9 Å². The van der Waals surface area contributed by atoms with Crippen LogP contribution in [0.3, 0.4) is 0 Å². The summed E-state index contributed by atoms with van der Waals surface area (Å²) in [6, 6.07) is 8.05. The van der Waals surface area contributed by atoms with Crippen LogP contribution in [0.25, 0.3) is 0 Å². The van der Waals surface area contributed by atoms with E-state index in [1.165, 1.54) is 0 Å². The second-order valence-electron chi connectivity index (χ2n) is 3.99. The lowest BCUT2D eigenvalue weighted by molar-refractivity contribution is -0.128. The Morgan fingerprint density at radius 3 is 2.56 bits per heavy atom. The van der Waals surface area contributed by atoms with Crippen molar-refractivity contribution in [2.45, 2.75) is 19.9 Å². The summed E-state index contributed by atoms with van der Waals surface area (Å²) < 4.78 is 0. The van der Waals surface area contributed by atoms with Crippen LogP contribution >= 0.6 is 0 Å². The Kier molecular flexibility index (Phi) is 3.10. The summed E-state index contributed by atoms with van der Waals surface area (Å²) in [5, 5.41) is 3.82. The zero-order valence-corrected chi connectivity index (χ0v) is 9.52. The number of rotatable bonds is 2. The fourth-order valence-corrected chi connectivity index (χ4v) is 2.01. The number of nitrogens with zero attached hydrogens (tertiary/aromatic N) is 2. The van der Waals surface area contributed by atoms with Crippen molar-refractivity contribution in [2.24, 2.45) is 5.73 Å². The molecule has 1 aliphatic rings. The van der Waals surface area contributed by atoms with Gasteiger partial charge >= 0.3 is 0 Å². The van der Waals surface area contributed by atoms with Crippen LogP contribution in [-0.2, 0) is 11.3 Å². The van der Waals surface area contributed by atoms with Gasteiger partial charge in [-0.2, -0.15) is 0 Å². The summed E-state index contributed by atoms with van der Waals surface area (Å²) in [5.74, 6) is 0.0976. The molecule has 0 unspecified atom stereocenters. The molecule has 0 aromatic heterocycles. The number of hydrogen-bond acceptors (Lipinski definition) is 3. The van der Waals surface area contributed by atoms with Crippen molar-refractivity contribution in [1.82, 2.24) is 5.01 Å². The van der Waals surface area contributed by atoms with E-state index in [1.807, 2.05) is 29.3 Å². The summed E-state index contributed by atoms with van der Waals surface area (Å²) in [6.07, 6.45) is 1.03. The third-order valence-corrected chi connectivity index (χ3v) is 2.86. The SMILES string of the molecule is CC(=O)N1CCCN1c1ccc(CN)cc1. The fraction of sp³-hybridized carbons (Fsp3) is 0.417. The Hall–Kier alpha value is -1.55. The Bertz CT molecular complexity index is 374. The van der Waals surface area contributed by atoms with Gasteiger partial charge in [0.25, 0.3) is 0 Å². The summed E-state index contributed by atoms with van der Waals surface area (Å²) in [7, 11) is 0. The molecule has 1 saturated heterocycles. The minimum atomic E-state index is 0.0976. The van der Waals surface area contributed by atoms with Crippen molar-refractivity contribution in [3.63, 3.8) is 0 Å². The maximum Gasteiger partial charge on any atom is 0.237 e. The maximum absolute atomic E-state index is 11.4. The molecular weight excluding hydrogens is 202 g/mol. The monoisotopic (exact) mass is 219 g/mol. The van der Waals surface area contributed by atoms with Crippen LogP contribution in [0.15, 0.2) is 24.3 Å². The summed E-state index contributed by atoms with van der Waals surface area (Å²) in [5.41, 5.74) is 7.72. The Labute approximate surface area is 95.6 Å². The van der Waals surface area contributed by atoms with Crippen LogP contribution in [0.2, 0.25) is 0 Å². The Morgan fingerprint density at radius 1 is 1.31 bits per heavy atom. The largest absolute Gasteiger partial charge is 0.326 e. The lowest BCUT2D eigenvalue weighted by atomic mass is 10.2. The molecule has 4 nitrogen and oxygen atoms in total. The number of benzene rings is 1. The Balaban J connectivity index is 2.19. The zero-order chi connectivity index (χ0) is 11.5. The average molecular weight is 219 g/mol. The van der Waals surface area contributed by atoms with Gasteiger partial charge in [0.1, 0.15) is 0 Å². The Morgan fingerprint density at radius 2 is 2.00 bits per heavy atom. The summed E-state index contributed by atoms with van der Waals surface area (Å²) in [6.45, 7) is 3.87. The van der Waals surface area contributed by atoms with E-state index in [2.05, 4.69) is 0 Å². The number of hydrogen-bond donors (Lipinski definition) is 1. The first-order valence-electron chi connectivity index (χ1n) is 5.57. The second kappa shape index (κ2) is 4.53. The molecule has 16 heavy (non-hydrogen) atoms. The minimum Gasteiger partial charge on any atom is -0.326 e. The topological polar surface area (TPSA) is 49.6 Å². The highest BCUT2D eigenvalue weighted by atomic mass is 16.2. The third-order valence-electron chi connectivity index (χ3n) is 2.86. The molecule has 0 saturated carbocycles. The summed E-state index contributed by atoms with van der Waals surface area (Å²) in [4.78, 5) is 11.4. The van der Waals surface area contributed by atoms with Gasteiger partial charge in [-0.25, -0.2) is 0 Å². The van der Waals surface area contributed by atoms with Gasteiger partial charge < -0.3 is 5.73 Å². The van der Waals surface area contributed by atoms with E-state index < -0.39 is 0 Å². The number of nitrogens with two attached hydrogens (primary N) is 1. The van der Waals surface area contributed by atoms with Crippen LogP contribution in [0.5, 0.6) is 0 Å². The van der Waals surface area contributed by atoms with Gasteiger partial charge in [0.05, 0.1) is 5.69 Å². The minimum absolute atomic E-state index is 0.0976. The molecule has 1 aliphatic heterocycles. The van der Waals surface area contributed by atoms with E-state index >= 15 is 0 Å². The van der Waals surface area contributed by atoms with Gasteiger partial charge in [-0.1, -0.05) is 12.1 Å². The molecule has 1 amide bonds. The van der Waals surface area contributed by atoms with Crippen LogP contribution in [0.1, 0.15) is 18.9 Å². The van der Waals surface area contributed by atoms with E-state index in [4.69, 9.17) is 5.73 Å². The molecule has 1 fully saturated rings. The van der Waals surface area contributed by atoms with Crippen molar-refractivity contribution >= 4 is 11.6 Å². The van der Waals surface area contributed by atoms with Crippen LogP contribution in [0.4, 0.5) is 5.69 Å². The normalized spacial score (nSPS) is 15.6. The van der Waals surface area contributed by atoms with Gasteiger partial charge in [-0.05, 0) is 24.1 Å². The quantitative estimate of drug-likeness (QED) is 0.811. The van der Waals surface area contributed by atoms with Crippen molar-refractivity contribution in [3.05, 3.63) is 29.8 Å². The second-order valence-corrected chi connectivity index (χ2v) is 3.99. The first-order chi connectivity index (χ1) is 7.72. The molecule has 1 aromatic carbocycles. The highest BCUT2D eigenvalue weighted by molar-refractivity contribution is 5.76. The molecule has 86 valence electrons. The highest BCUT2D eigenvalue weighted by Crippen LogP contribution is 2.22. The van der Waals surface area contributed by atoms with Crippen LogP contribution in [0, 0.1) is 0 Å². The lowest BCUT2D eigenvalue weighted by Crippen LogP contribution is -2.39. The molecular formula is C12H17N3O. The molecule has 4 heteroatoms. The van der Waals surface area contributed by atoms with Gasteiger partial charge in [-0.3, -0.25) is 14.8 Å². The van der Waals surface area contributed by atoms with E-state index in [-0.39, 0.29) is 5.91 Å². The van der Waals surface area contributed by atoms with Crippen molar-refractivity contribution in [2.75, 3.05) is 18.1 Å². The molecule has 0 bridgehead atoms. The van der Waals surface area contributed by atoms with E-state index in [0.717, 1.165) is 30.8 Å². The number of carbonyl (C=O) groups is 1. The fourth-order valence-electron chi connectivity index (χ4n) is 2.01. The van der Waals surface area contributed by atoms with Crippen molar-refractivity contribution in [3.8, 4) is 0 Å². The predicted molar refractivity (Wildman–Crippen MR) is 63.7 cm³/mol. The van der Waals surface area contributed by atoms with Gasteiger partial charge in [0.15, 0.2) is 0 Å². The first-order valence-corrected chi connectivity index (χ1v) is 5.57. The molecule has 0 aliphatic carbocycles. The van der Waals surface area contributed by atoms with Crippen molar-refractivity contribution < 1.29 is 4.79 Å². The number of hydrazine groups is 1. The van der Waals surface area contributed by atoms with Gasteiger partial charge in [0, 0.05) is 26.6 Å². The zero-order valence-electron chi connectivity index (χ0n) is 9.52. The van der Waals surface area contributed by atoms with E-state index in [0.29, 0.717) is 6.54 Å². The lowest BCUT2D eigenvalue weighted by Gasteiger charge is -2.28. The maximum atomic E-state index is 11.4. The molecule has 1 aromatic rings. The smallest absolute Gasteiger partial charge is 0.237 e. The van der Waals surface area contributed by atoms with Crippen LogP contribution < -0.4 is 10.7 Å². The molecule has 1 heterocycles. The number of amides is 1. The molecule has 2 N–H and O–H groups in total. The predicted octanol–water partition coefficient (Wildman–Crippen LogP) is 1.12. The highest BCUT2D eigenvalue weighted by Gasteiger charge is 2.24. The number of carbonyl (C=O) groups excluding carboxylic acids is 1. The van der Waals surface area contributed by atoms with Gasteiger partial charge in [-0.15, -0.1) is 0 Å². The van der Waals surface area contributed by atoms with E-state index in [9.17, 15) is 4.79 Å². The number of anilines is 1. The first kappa shape index (κ1) is 11.0. The molecule has 0 atom stereocenters. The average Bonchev–Trinajstić information content (AvgIpc) is 2.78. The standard InChI is InChI=1S/C12H17N3O/c1-10(16)14-7-2-8-15(14)12-5-3-11(9-13)4-6-12/h3-6H,2,7-9,13H2,1H3. The van der Waals surface area contributed by atoms with Crippen molar-refractivity contribution in [1.29, 1.82) is 0 Å². The van der Waals surface area contributed by atoms with Gasteiger partial charge in [0.2, 0.25) is 5.91 Å². The molecule has 0 spiro atoms. The summed E-state index contributed by atoms with van der Waals surface area (Å²) >= 11 is 0.